The average molecular weight is 483 g/mol. The maximum atomic E-state index is 12.1. The number of carbonyl (C=O) groups excluding carboxylic acids is 2. The summed E-state index contributed by atoms with van der Waals surface area (Å²) in [6.45, 7) is 19.0. The quantitative estimate of drug-likeness (QED) is 0.121. The Balaban J connectivity index is 3.78. The van der Waals surface area contributed by atoms with E-state index in [0.717, 1.165) is 51.4 Å². The summed E-state index contributed by atoms with van der Waals surface area (Å²) in [7, 11) is 0. The Labute approximate surface area is 212 Å². The summed E-state index contributed by atoms with van der Waals surface area (Å²) in [4.78, 5) is 24.1. The summed E-state index contributed by atoms with van der Waals surface area (Å²) in [5.74, 6) is 3.32. The molecule has 0 aliphatic rings. The molecule has 0 aliphatic carbocycles. The van der Waals surface area contributed by atoms with Crippen molar-refractivity contribution in [2.24, 2.45) is 35.5 Å². The molecule has 0 fully saturated rings. The van der Waals surface area contributed by atoms with E-state index < -0.39 is 0 Å². The van der Waals surface area contributed by atoms with Gasteiger partial charge in [-0.05, 0) is 61.2 Å². The Morgan fingerprint density at radius 2 is 0.824 bits per heavy atom. The highest BCUT2D eigenvalue weighted by atomic mass is 16.5. The zero-order valence-corrected chi connectivity index (χ0v) is 24.0. The SMILES string of the molecule is CC(C)CCC(COC(=O)CCCCCCCCC(=O)OCC(CCC(C)C)C(C)C)C(C)C. The fraction of sp³-hybridized carbons (Fsp3) is 0.933. The van der Waals surface area contributed by atoms with Gasteiger partial charge >= 0.3 is 11.9 Å². The van der Waals surface area contributed by atoms with Crippen LogP contribution in [0.5, 0.6) is 0 Å². The van der Waals surface area contributed by atoms with Crippen molar-refractivity contribution in [1.29, 1.82) is 0 Å². The predicted octanol–water partition coefficient (Wildman–Crippen LogP) is 8.61. The molecule has 0 spiro atoms. The Morgan fingerprint density at radius 1 is 0.500 bits per heavy atom. The van der Waals surface area contributed by atoms with Gasteiger partial charge in [-0.2, -0.15) is 0 Å². The van der Waals surface area contributed by atoms with Gasteiger partial charge in [0.25, 0.3) is 0 Å². The van der Waals surface area contributed by atoms with Crippen LogP contribution in [0.15, 0.2) is 0 Å². The molecule has 0 N–H and O–H groups in total. The fourth-order valence-corrected chi connectivity index (χ4v) is 4.10. The van der Waals surface area contributed by atoms with Gasteiger partial charge in [0.15, 0.2) is 0 Å². The van der Waals surface area contributed by atoms with E-state index in [0.29, 0.717) is 61.6 Å². The van der Waals surface area contributed by atoms with Crippen LogP contribution in [-0.2, 0) is 19.1 Å². The zero-order valence-electron chi connectivity index (χ0n) is 24.0. The van der Waals surface area contributed by atoms with Gasteiger partial charge in [0.2, 0.25) is 0 Å². The van der Waals surface area contributed by atoms with Crippen molar-refractivity contribution >= 4 is 11.9 Å². The Hall–Kier alpha value is -1.06. The van der Waals surface area contributed by atoms with Gasteiger partial charge in [0.05, 0.1) is 13.2 Å². The third-order valence-corrected chi connectivity index (χ3v) is 7.04. The number of carbonyl (C=O) groups is 2. The minimum absolute atomic E-state index is 0.0500. The van der Waals surface area contributed by atoms with Gasteiger partial charge in [0, 0.05) is 12.8 Å². The van der Waals surface area contributed by atoms with Crippen molar-refractivity contribution in [2.45, 2.75) is 132 Å². The van der Waals surface area contributed by atoms with E-state index in [1.54, 1.807) is 0 Å². The molecule has 0 aliphatic heterocycles. The lowest BCUT2D eigenvalue weighted by Crippen LogP contribution is -2.19. The third-order valence-electron chi connectivity index (χ3n) is 7.04. The van der Waals surface area contributed by atoms with Crippen LogP contribution < -0.4 is 0 Å². The number of esters is 2. The molecule has 202 valence electrons. The molecule has 34 heavy (non-hydrogen) atoms. The molecule has 2 unspecified atom stereocenters. The van der Waals surface area contributed by atoms with Crippen LogP contribution in [-0.4, -0.2) is 25.2 Å². The number of ether oxygens (including phenoxy) is 2. The first-order valence-corrected chi connectivity index (χ1v) is 14.3. The standard InChI is InChI=1S/C30H58O4/c1-23(2)17-19-27(25(5)6)21-33-29(31)15-13-11-9-10-12-14-16-30(32)34-22-28(26(7)8)20-18-24(3)4/h23-28H,9-22H2,1-8H3. The molecule has 0 aromatic rings. The Bertz CT molecular complexity index is 464. The molecule has 0 saturated heterocycles. The highest BCUT2D eigenvalue weighted by molar-refractivity contribution is 5.69. The second-order valence-electron chi connectivity index (χ2n) is 11.9. The summed E-state index contributed by atoms with van der Waals surface area (Å²) in [6.07, 6.45) is 11.8. The van der Waals surface area contributed by atoms with Crippen LogP contribution in [0.25, 0.3) is 0 Å². The van der Waals surface area contributed by atoms with E-state index in [9.17, 15) is 9.59 Å². The average Bonchev–Trinajstić information content (AvgIpc) is 2.74. The lowest BCUT2D eigenvalue weighted by Gasteiger charge is -2.21. The maximum absolute atomic E-state index is 12.1. The molecule has 0 aromatic carbocycles. The smallest absolute Gasteiger partial charge is 0.305 e. The minimum atomic E-state index is -0.0500. The summed E-state index contributed by atoms with van der Waals surface area (Å²) in [5, 5.41) is 0. The van der Waals surface area contributed by atoms with Crippen molar-refractivity contribution in [1.82, 2.24) is 0 Å². The molecule has 0 bridgehead atoms. The van der Waals surface area contributed by atoms with E-state index in [1.807, 2.05) is 0 Å². The second-order valence-corrected chi connectivity index (χ2v) is 11.9. The number of rotatable bonds is 21. The third kappa shape index (κ3) is 19.3. The molecule has 0 rings (SSSR count). The van der Waals surface area contributed by atoms with Crippen LogP contribution in [0.4, 0.5) is 0 Å². The van der Waals surface area contributed by atoms with Gasteiger partial charge in [-0.25, -0.2) is 0 Å². The molecule has 0 amide bonds. The Morgan fingerprint density at radius 3 is 1.12 bits per heavy atom. The minimum Gasteiger partial charge on any atom is -0.465 e. The lowest BCUT2D eigenvalue weighted by atomic mass is 9.89. The fourth-order valence-electron chi connectivity index (χ4n) is 4.10. The molecular formula is C30H58O4. The van der Waals surface area contributed by atoms with E-state index in [-0.39, 0.29) is 11.9 Å². The maximum Gasteiger partial charge on any atom is 0.305 e. The summed E-state index contributed by atoms with van der Waals surface area (Å²) < 4.78 is 11.1. The molecule has 0 heterocycles. The first-order valence-electron chi connectivity index (χ1n) is 14.3. The van der Waals surface area contributed by atoms with Crippen LogP contribution >= 0.6 is 0 Å². The second kappa shape index (κ2) is 20.2. The first-order chi connectivity index (χ1) is 16.0. The van der Waals surface area contributed by atoms with Crippen molar-refractivity contribution in [3.05, 3.63) is 0 Å². The van der Waals surface area contributed by atoms with Crippen LogP contribution in [0.2, 0.25) is 0 Å². The van der Waals surface area contributed by atoms with E-state index in [1.165, 1.54) is 12.8 Å². The molecule has 0 radical (unpaired) electrons. The molecule has 0 aromatic heterocycles. The normalized spacial score (nSPS) is 13.6. The molecule has 2 atom stereocenters. The molecular weight excluding hydrogens is 424 g/mol. The van der Waals surface area contributed by atoms with Crippen molar-refractivity contribution in [2.75, 3.05) is 13.2 Å². The van der Waals surface area contributed by atoms with Crippen molar-refractivity contribution in [3.63, 3.8) is 0 Å². The van der Waals surface area contributed by atoms with Gasteiger partial charge in [-0.3, -0.25) is 9.59 Å². The van der Waals surface area contributed by atoms with Crippen molar-refractivity contribution < 1.29 is 19.1 Å². The number of unbranched alkanes of at least 4 members (excludes halogenated alkanes) is 5. The van der Waals surface area contributed by atoms with E-state index in [2.05, 4.69) is 55.4 Å². The van der Waals surface area contributed by atoms with E-state index >= 15 is 0 Å². The van der Waals surface area contributed by atoms with Gasteiger partial charge < -0.3 is 9.47 Å². The van der Waals surface area contributed by atoms with Gasteiger partial charge in [-0.1, -0.05) is 93.9 Å². The topological polar surface area (TPSA) is 52.6 Å². The number of hydrogen-bond donors (Lipinski definition) is 0. The van der Waals surface area contributed by atoms with Gasteiger partial charge in [-0.15, -0.1) is 0 Å². The highest BCUT2D eigenvalue weighted by Gasteiger charge is 2.17. The number of hydrogen-bond acceptors (Lipinski definition) is 4. The van der Waals surface area contributed by atoms with Crippen LogP contribution in [0.3, 0.4) is 0 Å². The zero-order chi connectivity index (χ0) is 25.9. The lowest BCUT2D eigenvalue weighted by molar-refractivity contribution is -0.146. The van der Waals surface area contributed by atoms with Crippen LogP contribution in [0, 0.1) is 35.5 Å². The Kier molecular flexibility index (Phi) is 19.5. The molecule has 0 saturated carbocycles. The first kappa shape index (κ1) is 32.9. The monoisotopic (exact) mass is 482 g/mol. The largest absolute Gasteiger partial charge is 0.465 e. The highest BCUT2D eigenvalue weighted by Crippen LogP contribution is 2.22. The van der Waals surface area contributed by atoms with E-state index in [4.69, 9.17) is 9.47 Å². The molecule has 4 nitrogen and oxygen atoms in total. The predicted molar refractivity (Wildman–Crippen MR) is 144 cm³/mol. The van der Waals surface area contributed by atoms with Crippen molar-refractivity contribution in [3.8, 4) is 0 Å². The van der Waals surface area contributed by atoms with Crippen LogP contribution in [0.1, 0.15) is 132 Å². The summed E-state index contributed by atoms with van der Waals surface area (Å²) in [5.41, 5.74) is 0. The summed E-state index contributed by atoms with van der Waals surface area (Å²) >= 11 is 0. The van der Waals surface area contributed by atoms with Gasteiger partial charge in [0.1, 0.15) is 0 Å². The molecule has 4 heteroatoms. The summed E-state index contributed by atoms with van der Waals surface area (Å²) in [6, 6.07) is 0.